The van der Waals surface area contributed by atoms with Crippen molar-refractivity contribution in [3.8, 4) is 11.1 Å². The summed E-state index contributed by atoms with van der Waals surface area (Å²) < 4.78 is 0. The highest BCUT2D eigenvalue weighted by Crippen LogP contribution is 2.47. The van der Waals surface area contributed by atoms with Gasteiger partial charge in [-0.2, -0.15) is 0 Å². The molecular weight excluding hydrogens is 797 g/mol. The monoisotopic (exact) mass is 871 g/mol. The van der Waals surface area contributed by atoms with Crippen molar-refractivity contribution in [1.29, 1.82) is 0 Å². The lowest BCUT2D eigenvalue weighted by atomic mass is 9.65. The molecule has 1 saturated carbocycles. The van der Waals surface area contributed by atoms with Crippen LogP contribution in [0.4, 0.5) is 34.1 Å². The van der Waals surface area contributed by atoms with Crippen molar-refractivity contribution in [3.05, 3.63) is 204 Å². The molecule has 66 heavy (non-hydrogen) atoms. The van der Waals surface area contributed by atoms with Gasteiger partial charge in [0.05, 0.1) is 0 Å². The number of rotatable bonds is 23. The van der Waals surface area contributed by atoms with Gasteiger partial charge in [0.15, 0.2) is 0 Å². The van der Waals surface area contributed by atoms with E-state index in [-0.39, 0.29) is 5.41 Å². The SMILES string of the molecule is CCCCCCCCc1ccc(-c2ccc(N(c3ccccc3)c3ccc(C4(c5ccc(N(c6ccccc6)c6ccc(CCCCCCCC)cc6)cc5)CCCCC4)cc3)cc2)cc1. The van der Waals surface area contributed by atoms with Crippen molar-refractivity contribution in [2.24, 2.45) is 0 Å². The van der Waals surface area contributed by atoms with E-state index in [1.807, 2.05) is 0 Å². The normalized spacial score (nSPS) is 13.4. The predicted octanol–water partition coefficient (Wildman–Crippen LogP) is 19.3. The zero-order valence-corrected chi connectivity index (χ0v) is 40.1. The number of hydrogen-bond donors (Lipinski definition) is 0. The highest BCUT2D eigenvalue weighted by atomic mass is 15.1. The Hall–Kier alpha value is -5.86. The van der Waals surface area contributed by atoms with Gasteiger partial charge in [0.1, 0.15) is 0 Å². The molecule has 0 heterocycles. The topological polar surface area (TPSA) is 6.48 Å². The summed E-state index contributed by atoms with van der Waals surface area (Å²) in [6.07, 6.45) is 24.5. The van der Waals surface area contributed by atoms with Crippen LogP contribution in [0.25, 0.3) is 11.1 Å². The molecule has 0 aliphatic heterocycles. The second-order valence-electron chi connectivity index (χ2n) is 19.0. The largest absolute Gasteiger partial charge is 0.311 e. The number of benzene rings is 7. The Morgan fingerprint density at radius 3 is 1.05 bits per heavy atom. The third kappa shape index (κ3) is 11.9. The van der Waals surface area contributed by atoms with Crippen LogP contribution in [-0.2, 0) is 18.3 Å². The van der Waals surface area contributed by atoms with Gasteiger partial charge in [-0.05, 0) is 145 Å². The molecule has 0 N–H and O–H groups in total. The molecule has 7 aromatic rings. The highest BCUT2D eigenvalue weighted by Gasteiger charge is 2.36. The lowest BCUT2D eigenvalue weighted by molar-refractivity contribution is 0.346. The number of para-hydroxylation sites is 2. The molecule has 0 unspecified atom stereocenters. The van der Waals surface area contributed by atoms with E-state index in [1.165, 1.54) is 159 Å². The maximum Gasteiger partial charge on any atom is 0.0462 e. The Kier molecular flexibility index (Phi) is 17.0. The first-order chi connectivity index (χ1) is 32.6. The summed E-state index contributed by atoms with van der Waals surface area (Å²) >= 11 is 0. The van der Waals surface area contributed by atoms with Gasteiger partial charge in [-0.15, -0.1) is 0 Å². The minimum absolute atomic E-state index is 0.0194. The van der Waals surface area contributed by atoms with Crippen LogP contribution in [0.1, 0.15) is 145 Å². The standard InChI is InChI=1S/C64H74N2/c1-3-5-7-9-11-16-24-52-30-34-54(35-31-52)55-36-44-61(45-37-55)66(59-28-20-14-21-29-59)63-48-40-57(41-49-63)64(50-22-15-23-51-64)56-38-46-62(47-39-56)65(58-26-18-13-19-27-58)60-42-32-53(33-43-60)25-17-12-10-8-6-4-2/h13-14,18-21,26-49H,3-12,15-17,22-25,50-51H2,1-2H3. The van der Waals surface area contributed by atoms with Crippen molar-refractivity contribution in [1.82, 2.24) is 0 Å². The molecule has 0 bridgehead atoms. The lowest BCUT2D eigenvalue weighted by Crippen LogP contribution is -2.30. The average Bonchev–Trinajstić information content (AvgIpc) is 3.38. The quantitative estimate of drug-likeness (QED) is 0.0591. The van der Waals surface area contributed by atoms with E-state index >= 15 is 0 Å². The number of anilines is 6. The van der Waals surface area contributed by atoms with Crippen LogP contribution in [-0.4, -0.2) is 0 Å². The first-order valence-corrected chi connectivity index (χ1v) is 25.8. The van der Waals surface area contributed by atoms with Crippen molar-refractivity contribution in [3.63, 3.8) is 0 Å². The van der Waals surface area contributed by atoms with E-state index in [9.17, 15) is 0 Å². The van der Waals surface area contributed by atoms with E-state index in [0.29, 0.717) is 0 Å². The van der Waals surface area contributed by atoms with Gasteiger partial charge in [-0.3, -0.25) is 0 Å². The van der Waals surface area contributed by atoms with Crippen LogP contribution in [0.5, 0.6) is 0 Å². The number of hydrogen-bond acceptors (Lipinski definition) is 2. The van der Waals surface area contributed by atoms with Crippen LogP contribution in [0.15, 0.2) is 182 Å². The first-order valence-electron chi connectivity index (χ1n) is 25.8. The fourth-order valence-corrected chi connectivity index (χ4v) is 10.5. The smallest absolute Gasteiger partial charge is 0.0462 e. The Bertz CT molecular complexity index is 2430. The Labute approximate surface area is 398 Å². The van der Waals surface area contributed by atoms with Gasteiger partial charge < -0.3 is 9.80 Å². The number of unbranched alkanes of at least 4 members (excludes halogenated alkanes) is 10. The molecule has 0 spiro atoms. The summed E-state index contributed by atoms with van der Waals surface area (Å²) in [6.45, 7) is 4.58. The van der Waals surface area contributed by atoms with Gasteiger partial charge in [-0.1, -0.05) is 207 Å². The minimum Gasteiger partial charge on any atom is -0.311 e. The van der Waals surface area contributed by atoms with Crippen molar-refractivity contribution >= 4 is 34.1 Å². The molecule has 0 atom stereocenters. The highest BCUT2D eigenvalue weighted by molar-refractivity contribution is 5.79. The van der Waals surface area contributed by atoms with E-state index in [2.05, 4.69) is 206 Å². The molecule has 1 aliphatic rings. The van der Waals surface area contributed by atoms with Crippen LogP contribution in [0.2, 0.25) is 0 Å². The van der Waals surface area contributed by atoms with E-state index < -0.39 is 0 Å². The van der Waals surface area contributed by atoms with Crippen LogP contribution >= 0.6 is 0 Å². The summed E-state index contributed by atoms with van der Waals surface area (Å²) in [5, 5.41) is 0. The van der Waals surface area contributed by atoms with Crippen LogP contribution in [0.3, 0.4) is 0 Å². The third-order valence-electron chi connectivity index (χ3n) is 14.3. The number of aryl methyl sites for hydroxylation is 2. The molecule has 8 rings (SSSR count). The molecule has 340 valence electrons. The summed E-state index contributed by atoms with van der Waals surface area (Å²) in [5.41, 5.74) is 15.3. The Morgan fingerprint density at radius 2 is 0.636 bits per heavy atom. The Balaban J connectivity index is 1.01. The van der Waals surface area contributed by atoms with Gasteiger partial charge >= 0.3 is 0 Å². The average molecular weight is 871 g/mol. The Morgan fingerprint density at radius 1 is 0.318 bits per heavy atom. The zero-order valence-electron chi connectivity index (χ0n) is 40.1. The second kappa shape index (κ2) is 24.1. The van der Waals surface area contributed by atoms with E-state index in [4.69, 9.17) is 0 Å². The van der Waals surface area contributed by atoms with Gasteiger partial charge in [0.2, 0.25) is 0 Å². The maximum atomic E-state index is 2.43. The van der Waals surface area contributed by atoms with Crippen molar-refractivity contribution in [2.45, 2.75) is 141 Å². The van der Waals surface area contributed by atoms with Crippen LogP contribution in [0, 0.1) is 0 Å². The molecular formula is C64H74N2. The predicted molar refractivity (Wildman–Crippen MR) is 286 cm³/mol. The molecule has 1 fully saturated rings. The minimum atomic E-state index is -0.0194. The first kappa shape index (κ1) is 46.7. The van der Waals surface area contributed by atoms with Gasteiger partial charge in [0.25, 0.3) is 0 Å². The van der Waals surface area contributed by atoms with Gasteiger partial charge in [-0.25, -0.2) is 0 Å². The fourth-order valence-electron chi connectivity index (χ4n) is 10.5. The van der Waals surface area contributed by atoms with Crippen molar-refractivity contribution in [2.75, 3.05) is 9.80 Å². The molecule has 2 heteroatoms. The van der Waals surface area contributed by atoms with Crippen molar-refractivity contribution < 1.29 is 0 Å². The molecule has 7 aromatic carbocycles. The third-order valence-corrected chi connectivity index (χ3v) is 14.3. The number of nitrogens with zero attached hydrogens (tertiary/aromatic N) is 2. The maximum absolute atomic E-state index is 2.43. The summed E-state index contributed by atoms with van der Waals surface area (Å²) in [5.74, 6) is 0. The molecule has 0 aromatic heterocycles. The van der Waals surface area contributed by atoms with E-state index in [0.717, 1.165) is 30.6 Å². The molecule has 0 amide bonds. The summed E-state index contributed by atoms with van der Waals surface area (Å²) in [7, 11) is 0. The fraction of sp³-hybridized carbons (Fsp3) is 0.344. The lowest BCUT2D eigenvalue weighted by Gasteiger charge is -2.39. The van der Waals surface area contributed by atoms with Crippen LogP contribution < -0.4 is 9.80 Å². The molecule has 2 nitrogen and oxygen atoms in total. The zero-order chi connectivity index (χ0) is 45.2. The molecule has 1 aliphatic carbocycles. The molecule has 0 saturated heterocycles. The summed E-state index contributed by atoms with van der Waals surface area (Å²) in [6, 6.07) is 68.6. The summed E-state index contributed by atoms with van der Waals surface area (Å²) in [4.78, 5) is 4.82. The van der Waals surface area contributed by atoms with Gasteiger partial charge in [0, 0.05) is 39.5 Å². The second-order valence-corrected chi connectivity index (χ2v) is 19.0. The van der Waals surface area contributed by atoms with E-state index in [1.54, 1.807) is 0 Å². The molecule has 0 radical (unpaired) electrons.